The fourth-order valence-corrected chi connectivity index (χ4v) is 1.92. The van der Waals surface area contributed by atoms with E-state index < -0.39 is 5.91 Å². The molecule has 3 aromatic rings. The molecule has 1 amide bonds. The van der Waals surface area contributed by atoms with Gasteiger partial charge in [-0.2, -0.15) is 5.10 Å². The van der Waals surface area contributed by atoms with Crippen LogP contribution in [0.1, 0.15) is 10.4 Å². The standard InChI is InChI=1S/C14H11N3O2/c18-12-8-10-4-2-1-3-9(10)7-11(12)14(19)16-13-5-6-15-17-13/h1-8,18H,(H2,15,16,17,19). The van der Waals surface area contributed by atoms with Crippen LogP contribution in [0.2, 0.25) is 0 Å². The lowest BCUT2D eigenvalue weighted by molar-refractivity contribution is 0.102. The first-order valence-corrected chi connectivity index (χ1v) is 5.77. The number of nitrogens with zero attached hydrogens (tertiary/aromatic N) is 1. The maximum atomic E-state index is 12.1. The largest absolute Gasteiger partial charge is 0.507 e. The molecule has 5 heteroatoms. The molecule has 0 fully saturated rings. The molecule has 0 aliphatic carbocycles. The Kier molecular flexibility index (Phi) is 2.64. The van der Waals surface area contributed by atoms with Gasteiger partial charge in [-0.15, -0.1) is 0 Å². The van der Waals surface area contributed by atoms with Gasteiger partial charge in [0, 0.05) is 12.3 Å². The Morgan fingerprint density at radius 2 is 1.89 bits per heavy atom. The van der Waals surface area contributed by atoms with Crippen molar-refractivity contribution in [2.24, 2.45) is 0 Å². The summed E-state index contributed by atoms with van der Waals surface area (Å²) < 4.78 is 0. The van der Waals surface area contributed by atoms with Gasteiger partial charge < -0.3 is 10.4 Å². The van der Waals surface area contributed by atoms with E-state index in [1.165, 1.54) is 0 Å². The molecule has 94 valence electrons. The van der Waals surface area contributed by atoms with Crippen LogP contribution in [-0.4, -0.2) is 21.2 Å². The summed E-state index contributed by atoms with van der Waals surface area (Å²) in [5.74, 6) is -0.0281. The molecule has 0 saturated heterocycles. The number of rotatable bonds is 2. The van der Waals surface area contributed by atoms with E-state index >= 15 is 0 Å². The summed E-state index contributed by atoms with van der Waals surface area (Å²) in [6.07, 6.45) is 1.61. The van der Waals surface area contributed by atoms with Crippen LogP contribution < -0.4 is 5.32 Å². The number of aromatic hydroxyl groups is 1. The minimum Gasteiger partial charge on any atom is -0.507 e. The lowest BCUT2D eigenvalue weighted by Crippen LogP contribution is -2.12. The van der Waals surface area contributed by atoms with Gasteiger partial charge in [-0.25, -0.2) is 0 Å². The molecule has 0 aliphatic rings. The number of fused-ring (bicyclic) bond motifs is 1. The van der Waals surface area contributed by atoms with Crippen molar-refractivity contribution in [1.82, 2.24) is 10.2 Å². The number of carbonyl (C=O) groups is 1. The number of H-pyrrole nitrogens is 1. The number of nitrogens with one attached hydrogen (secondary N) is 2. The SMILES string of the molecule is O=C(Nc1cc[nH]n1)c1cc2ccccc2cc1O. The van der Waals surface area contributed by atoms with E-state index in [-0.39, 0.29) is 11.3 Å². The number of hydrogen-bond acceptors (Lipinski definition) is 3. The number of phenolic OH excluding ortho intramolecular Hbond substituents is 1. The molecule has 0 bridgehead atoms. The van der Waals surface area contributed by atoms with Crippen molar-refractivity contribution < 1.29 is 9.90 Å². The molecule has 1 heterocycles. The average Bonchev–Trinajstić information content (AvgIpc) is 2.90. The summed E-state index contributed by atoms with van der Waals surface area (Å²) >= 11 is 0. The lowest BCUT2D eigenvalue weighted by atomic mass is 10.1. The van der Waals surface area contributed by atoms with Gasteiger partial charge in [0.2, 0.25) is 0 Å². The molecule has 5 nitrogen and oxygen atoms in total. The second-order valence-electron chi connectivity index (χ2n) is 4.13. The predicted molar refractivity (Wildman–Crippen MR) is 72.2 cm³/mol. The number of amides is 1. The molecule has 3 rings (SSSR count). The zero-order valence-corrected chi connectivity index (χ0v) is 9.92. The number of anilines is 1. The normalized spacial score (nSPS) is 10.5. The summed E-state index contributed by atoms with van der Waals surface area (Å²) in [7, 11) is 0. The first-order valence-electron chi connectivity index (χ1n) is 5.77. The summed E-state index contributed by atoms with van der Waals surface area (Å²) in [5.41, 5.74) is 0.224. The first-order chi connectivity index (χ1) is 9.24. The Morgan fingerprint density at radius 3 is 2.58 bits per heavy atom. The van der Waals surface area contributed by atoms with Gasteiger partial charge in [-0.05, 0) is 22.9 Å². The number of carbonyl (C=O) groups excluding carboxylic acids is 1. The van der Waals surface area contributed by atoms with Gasteiger partial charge in [-0.1, -0.05) is 24.3 Å². The molecular formula is C14H11N3O2. The van der Waals surface area contributed by atoms with Crippen LogP contribution in [0.3, 0.4) is 0 Å². The fraction of sp³-hybridized carbons (Fsp3) is 0. The Labute approximate surface area is 108 Å². The van der Waals surface area contributed by atoms with Crippen molar-refractivity contribution in [2.45, 2.75) is 0 Å². The minimum atomic E-state index is -0.393. The number of benzene rings is 2. The van der Waals surface area contributed by atoms with E-state index in [4.69, 9.17) is 0 Å². The molecule has 2 aromatic carbocycles. The van der Waals surface area contributed by atoms with Crippen molar-refractivity contribution in [3.8, 4) is 5.75 Å². The maximum Gasteiger partial charge on any atom is 0.260 e. The topological polar surface area (TPSA) is 78.0 Å². The zero-order chi connectivity index (χ0) is 13.2. The highest BCUT2D eigenvalue weighted by Crippen LogP contribution is 2.25. The number of hydrogen-bond donors (Lipinski definition) is 3. The highest BCUT2D eigenvalue weighted by molar-refractivity contribution is 6.08. The average molecular weight is 253 g/mol. The molecule has 0 aliphatic heterocycles. The van der Waals surface area contributed by atoms with Crippen molar-refractivity contribution >= 4 is 22.5 Å². The summed E-state index contributed by atoms with van der Waals surface area (Å²) in [6.45, 7) is 0. The second-order valence-corrected chi connectivity index (χ2v) is 4.13. The van der Waals surface area contributed by atoms with E-state index in [1.54, 1.807) is 24.4 Å². The van der Waals surface area contributed by atoms with Crippen LogP contribution in [0.4, 0.5) is 5.82 Å². The zero-order valence-electron chi connectivity index (χ0n) is 9.92. The summed E-state index contributed by atoms with van der Waals surface area (Å²) in [5, 5.41) is 20.7. The summed E-state index contributed by atoms with van der Waals surface area (Å²) in [6, 6.07) is 12.4. The molecule has 0 radical (unpaired) electrons. The van der Waals surface area contributed by atoms with Crippen LogP contribution in [-0.2, 0) is 0 Å². The van der Waals surface area contributed by atoms with Crippen LogP contribution in [0.15, 0.2) is 48.7 Å². The van der Waals surface area contributed by atoms with E-state index in [0.717, 1.165) is 10.8 Å². The van der Waals surface area contributed by atoms with Gasteiger partial charge in [0.05, 0.1) is 5.56 Å². The van der Waals surface area contributed by atoms with Gasteiger partial charge in [-0.3, -0.25) is 9.89 Å². The third kappa shape index (κ3) is 2.13. The van der Waals surface area contributed by atoms with Crippen molar-refractivity contribution in [3.05, 3.63) is 54.2 Å². The summed E-state index contributed by atoms with van der Waals surface area (Å²) in [4.78, 5) is 12.1. The Balaban J connectivity index is 1.99. The lowest BCUT2D eigenvalue weighted by Gasteiger charge is -2.06. The smallest absolute Gasteiger partial charge is 0.260 e. The monoisotopic (exact) mass is 253 g/mol. The number of aromatic nitrogens is 2. The van der Waals surface area contributed by atoms with Crippen LogP contribution in [0, 0.1) is 0 Å². The van der Waals surface area contributed by atoms with Crippen molar-refractivity contribution in [1.29, 1.82) is 0 Å². The van der Waals surface area contributed by atoms with E-state index in [9.17, 15) is 9.90 Å². The molecule has 0 unspecified atom stereocenters. The van der Waals surface area contributed by atoms with Gasteiger partial charge >= 0.3 is 0 Å². The highest BCUT2D eigenvalue weighted by Gasteiger charge is 2.13. The molecule has 3 N–H and O–H groups in total. The van der Waals surface area contributed by atoms with Crippen LogP contribution in [0.25, 0.3) is 10.8 Å². The Hall–Kier alpha value is -2.82. The maximum absolute atomic E-state index is 12.1. The third-order valence-electron chi connectivity index (χ3n) is 2.85. The number of aromatic amines is 1. The van der Waals surface area contributed by atoms with Gasteiger partial charge in [0.25, 0.3) is 5.91 Å². The fourth-order valence-electron chi connectivity index (χ4n) is 1.92. The van der Waals surface area contributed by atoms with E-state index in [1.807, 2.05) is 24.3 Å². The second kappa shape index (κ2) is 4.45. The predicted octanol–water partition coefficient (Wildman–Crippen LogP) is 2.52. The Morgan fingerprint density at radius 1 is 1.16 bits per heavy atom. The van der Waals surface area contributed by atoms with Gasteiger partial charge in [0.1, 0.15) is 5.75 Å². The van der Waals surface area contributed by atoms with Crippen LogP contribution in [0.5, 0.6) is 5.75 Å². The molecule has 19 heavy (non-hydrogen) atoms. The Bertz CT molecular complexity index is 736. The molecule has 0 saturated carbocycles. The minimum absolute atomic E-state index is 0.0493. The highest BCUT2D eigenvalue weighted by atomic mass is 16.3. The van der Waals surface area contributed by atoms with Crippen molar-refractivity contribution in [2.75, 3.05) is 5.32 Å². The quantitative estimate of drug-likeness (QED) is 0.656. The molecule has 1 aromatic heterocycles. The number of phenols is 1. The third-order valence-corrected chi connectivity index (χ3v) is 2.85. The van der Waals surface area contributed by atoms with E-state index in [0.29, 0.717) is 5.82 Å². The molecule has 0 spiro atoms. The van der Waals surface area contributed by atoms with Crippen molar-refractivity contribution in [3.63, 3.8) is 0 Å². The van der Waals surface area contributed by atoms with Crippen LogP contribution >= 0.6 is 0 Å². The van der Waals surface area contributed by atoms with Gasteiger partial charge in [0.15, 0.2) is 5.82 Å². The molecular weight excluding hydrogens is 242 g/mol. The first kappa shape index (κ1) is 11.3. The molecule has 0 atom stereocenters. The van der Waals surface area contributed by atoms with E-state index in [2.05, 4.69) is 15.5 Å².